The van der Waals surface area contributed by atoms with Gasteiger partial charge >= 0.3 is 0 Å². The lowest BCUT2D eigenvalue weighted by molar-refractivity contribution is 0.661. The Hall–Kier alpha value is -7.23. The molecule has 3 heteroatoms. The molecule has 0 saturated heterocycles. The summed E-state index contributed by atoms with van der Waals surface area (Å²) in [5, 5.41) is 7.72. The van der Waals surface area contributed by atoms with Crippen LogP contribution in [0, 0.1) is 0 Å². The Bertz CT molecular complexity index is 3140. The minimum absolute atomic E-state index is 0.0566. The lowest BCUT2D eigenvalue weighted by Gasteiger charge is -2.21. The molecule has 3 nitrogen and oxygen atoms in total. The molecule has 0 saturated carbocycles. The zero-order valence-electron chi connectivity index (χ0n) is 31.7. The minimum Gasteiger partial charge on any atom is -0.208 e. The summed E-state index contributed by atoms with van der Waals surface area (Å²) in [6, 6.07) is 67.3. The van der Waals surface area contributed by atoms with E-state index < -0.39 is 0 Å². The minimum atomic E-state index is -0.0566. The van der Waals surface area contributed by atoms with E-state index in [-0.39, 0.29) is 5.41 Å². The first-order valence-electron chi connectivity index (χ1n) is 19.6. The molecule has 0 atom stereocenters. The van der Waals surface area contributed by atoms with Crippen molar-refractivity contribution in [3.05, 3.63) is 199 Å². The second kappa shape index (κ2) is 12.9. The van der Waals surface area contributed by atoms with Gasteiger partial charge in [0.25, 0.3) is 0 Å². The third-order valence-corrected chi connectivity index (χ3v) is 11.9. The first-order chi connectivity index (χ1) is 28.0. The van der Waals surface area contributed by atoms with Gasteiger partial charge in [-0.3, -0.25) is 0 Å². The van der Waals surface area contributed by atoms with Crippen LogP contribution < -0.4 is 0 Å². The van der Waals surface area contributed by atoms with Crippen LogP contribution in [0.15, 0.2) is 188 Å². The summed E-state index contributed by atoms with van der Waals surface area (Å²) in [5.74, 6) is 1.95. The molecule has 0 radical (unpaired) electrons. The highest BCUT2D eigenvalue weighted by molar-refractivity contribution is 6.25. The first-order valence-corrected chi connectivity index (χ1v) is 19.6. The van der Waals surface area contributed by atoms with Crippen molar-refractivity contribution in [1.82, 2.24) is 15.0 Å². The molecular weight excluding hydrogens is 691 g/mol. The summed E-state index contributed by atoms with van der Waals surface area (Å²) < 4.78 is 0. The number of fused-ring (bicyclic) bond motifs is 9. The van der Waals surface area contributed by atoms with E-state index in [9.17, 15) is 0 Å². The van der Waals surface area contributed by atoms with Gasteiger partial charge in [0.15, 0.2) is 17.5 Å². The van der Waals surface area contributed by atoms with Gasteiger partial charge in [-0.15, -0.1) is 0 Å². The van der Waals surface area contributed by atoms with Crippen LogP contribution in [-0.4, -0.2) is 15.0 Å². The molecule has 0 N–H and O–H groups in total. The van der Waals surface area contributed by atoms with Crippen molar-refractivity contribution >= 4 is 32.3 Å². The number of hydrogen-bond acceptors (Lipinski definition) is 3. The standard InChI is InChI=1S/C54H37N3/c1-54(2)46-23-12-11-22-45(46)50-47(54)31-29-35-25-24-34-26-27-40-32-39(28-30-44(40)48(34)49(35)50)43-21-10-9-20-42(43)38-18-13-19-41(33-38)53-56-51(36-14-5-3-6-15-36)55-52(57-53)37-16-7-4-8-17-37/h3-33H,1-2H3. The Balaban J connectivity index is 1.05. The van der Waals surface area contributed by atoms with Crippen LogP contribution >= 0.6 is 0 Å². The maximum Gasteiger partial charge on any atom is 0.164 e. The molecule has 1 aliphatic rings. The Morgan fingerprint density at radius 2 is 0.825 bits per heavy atom. The molecule has 0 unspecified atom stereocenters. The average Bonchev–Trinajstić information content (AvgIpc) is 3.52. The van der Waals surface area contributed by atoms with Gasteiger partial charge < -0.3 is 0 Å². The van der Waals surface area contributed by atoms with E-state index in [2.05, 4.69) is 141 Å². The number of rotatable bonds is 5. The van der Waals surface area contributed by atoms with E-state index in [1.54, 1.807) is 0 Å². The summed E-state index contributed by atoms with van der Waals surface area (Å²) in [5.41, 5.74) is 12.9. The fraction of sp³-hybridized carbons (Fsp3) is 0.0556. The third kappa shape index (κ3) is 5.38. The molecule has 57 heavy (non-hydrogen) atoms. The van der Waals surface area contributed by atoms with Crippen molar-refractivity contribution in [3.8, 4) is 67.5 Å². The van der Waals surface area contributed by atoms with Gasteiger partial charge in [0.1, 0.15) is 0 Å². The average molecular weight is 728 g/mol. The van der Waals surface area contributed by atoms with Crippen molar-refractivity contribution in [2.24, 2.45) is 0 Å². The molecule has 1 aromatic heterocycles. The zero-order chi connectivity index (χ0) is 38.1. The van der Waals surface area contributed by atoms with Gasteiger partial charge in [0, 0.05) is 22.1 Å². The predicted molar refractivity (Wildman–Crippen MR) is 237 cm³/mol. The Morgan fingerprint density at radius 1 is 0.333 bits per heavy atom. The Morgan fingerprint density at radius 3 is 1.49 bits per heavy atom. The quantitative estimate of drug-likeness (QED) is 0.166. The fourth-order valence-corrected chi connectivity index (χ4v) is 9.08. The van der Waals surface area contributed by atoms with Crippen molar-refractivity contribution in [1.29, 1.82) is 0 Å². The number of hydrogen-bond donors (Lipinski definition) is 0. The topological polar surface area (TPSA) is 38.7 Å². The third-order valence-electron chi connectivity index (χ3n) is 11.9. The molecule has 11 rings (SSSR count). The molecule has 1 aliphatic carbocycles. The summed E-state index contributed by atoms with van der Waals surface area (Å²) >= 11 is 0. The molecule has 0 bridgehead atoms. The van der Waals surface area contributed by atoms with Crippen LogP contribution in [0.3, 0.4) is 0 Å². The van der Waals surface area contributed by atoms with E-state index in [0.29, 0.717) is 17.5 Å². The molecule has 1 heterocycles. The predicted octanol–water partition coefficient (Wildman–Crippen LogP) is 14.0. The van der Waals surface area contributed by atoms with Gasteiger partial charge in [-0.25, -0.2) is 15.0 Å². The van der Waals surface area contributed by atoms with E-state index in [0.717, 1.165) is 27.8 Å². The van der Waals surface area contributed by atoms with Crippen LogP contribution in [0.5, 0.6) is 0 Å². The largest absolute Gasteiger partial charge is 0.208 e. The van der Waals surface area contributed by atoms with Gasteiger partial charge in [0.05, 0.1) is 0 Å². The molecule has 0 spiro atoms. The van der Waals surface area contributed by atoms with E-state index in [1.807, 2.05) is 60.7 Å². The van der Waals surface area contributed by atoms with Crippen LogP contribution in [0.25, 0.3) is 99.9 Å². The molecule has 0 amide bonds. The Kier molecular flexibility index (Phi) is 7.52. The fourth-order valence-electron chi connectivity index (χ4n) is 9.08. The molecule has 268 valence electrons. The summed E-state index contributed by atoms with van der Waals surface area (Å²) in [6.07, 6.45) is 0. The summed E-state index contributed by atoms with van der Waals surface area (Å²) in [7, 11) is 0. The normalized spacial score (nSPS) is 12.9. The molecule has 9 aromatic carbocycles. The van der Waals surface area contributed by atoms with Gasteiger partial charge in [-0.2, -0.15) is 0 Å². The highest BCUT2D eigenvalue weighted by Gasteiger charge is 2.36. The second-order valence-electron chi connectivity index (χ2n) is 15.6. The van der Waals surface area contributed by atoms with Crippen LogP contribution in [0.4, 0.5) is 0 Å². The first kappa shape index (κ1) is 33.1. The Labute approximate surface area is 332 Å². The maximum absolute atomic E-state index is 5.02. The molecule has 0 aliphatic heterocycles. The van der Waals surface area contributed by atoms with Crippen molar-refractivity contribution in [2.45, 2.75) is 19.3 Å². The zero-order valence-corrected chi connectivity index (χ0v) is 31.7. The number of nitrogens with zero attached hydrogens (tertiary/aromatic N) is 3. The SMILES string of the molecule is CC1(C)c2ccccc2-c2c1ccc1ccc3ccc4cc(-c5ccccc5-c5cccc(-c6nc(-c7ccccc7)nc(-c7ccccc7)n6)c5)ccc4c3c21. The molecular formula is C54H37N3. The highest BCUT2D eigenvalue weighted by Crippen LogP contribution is 2.53. The van der Waals surface area contributed by atoms with Crippen LogP contribution in [-0.2, 0) is 5.41 Å². The molecule has 10 aromatic rings. The van der Waals surface area contributed by atoms with Crippen molar-refractivity contribution in [2.75, 3.05) is 0 Å². The maximum atomic E-state index is 5.02. The monoisotopic (exact) mass is 727 g/mol. The lowest BCUT2D eigenvalue weighted by Crippen LogP contribution is -2.14. The van der Waals surface area contributed by atoms with E-state index in [1.165, 1.54) is 65.7 Å². The smallest absolute Gasteiger partial charge is 0.164 e. The van der Waals surface area contributed by atoms with Crippen molar-refractivity contribution in [3.63, 3.8) is 0 Å². The highest BCUT2D eigenvalue weighted by atomic mass is 15.0. The van der Waals surface area contributed by atoms with E-state index >= 15 is 0 Å². The second-order valence-corrected chi connectivity index (χ2v) is 15.6. The van der Waals surface area contributed by atoms with Gasteiger partial charge in [-0.1, -0.05) is 190 Å². The molecule has 0 fully saturated rings. The number of benzene rings is 9. The van der Waals surface area contributed by atoms with Gasteiger partial charge in [0.2, 0.25) is 0 Å². The lowest BCUT2D eigenvalue weighted by atomic mass is 9.81. The van der Waals surface area contributed by atoms with Crippen LogP contribution in [0.2, 0.25) is 0 Å². The summed E-state index contributed by atoms with van der Waals surface area (Å²) in [4.78, 5) is 14.9. The number of aromatic nitrogens is 3. The van der Waals surface area contributed by atoms with Gasteiger partial charge in [-0.05, 0) is 89.0 Å². The summed E-state index contributed by atoms with van der Waals surface area (Å²) in [6.45, 7) is 4.72. The van der Waals surface area contributed by atoms with Crippen LogP contribution in [0.1, 0.15) is 25.0 Å². The van der Waals surface area contributed by atoms with E-state index in [4.69, 9.17) is 15.0 Å². The van der Waals surface area contributed by atoms with Crippen molar-refractivity contribution < 1.29 is 0 Å².